The van der Waals surface area contributed by atoms with Gasteiger partial charge in [0, 0.05) is 18.2 Å². The summed E-state index contributed by atoms with van der Waals surface area (Å²) in [6.45, 7) is 5.25. The molecule has 0 saturated heterocycles. The molecule has 148 valence electrons. The highest BCUT2D eigenvalue weighted by atomic mass is 16.3. The van der Waals surface area contributed by atoms with Crippen molar-refractivity contribution < 1.29 is 10.2 Å². The smallest absolute Gasteiger partial charge is 0.115 e. The third-order valence-electron chi connectivity index (χ3n) is 7.96. The number of aromatic hydroxyl groups is 1. The average Bonchev–Trinajstić information content (AvgIpc) is 3.24. The van der Waals surface area contributed by atoms with Crippen LogP contribution in [0.25, 0.3) is 6.08 Å². The van der Waals surface area contributed by atoms with E-state index >= 15 is 0 Å². The summed E-state index contributed by atoms with van der Waals surface area (Å²) in [5.41, 5.74) is 5.01. The van der Waals surface area contributed by atoms with Gasteiger partial charge >= 0.3 is 0 Å². The number of phenolic OH excluding ortho intramolecular Hbond substituents is 1. The van der Waals surface area contributed by atoms with E-state index in [0.29, 0.717) is 23.5 Å². The highest BCUT2D eigenvalue weighted by Gasteiger charge is 2.56. The normalized spacial score (nSPS) is 35.5. The van der Waals surface area contributed by atoms with Gasteiger partial charge in [-0.25, -0.2) is 0 Å². The quantitative estimate of drug-likeness (QED) is 0.808. The molecular formula is C24H30N2O2. The number of aliphatic hydroxyl groups is 1. The highest BCUT2D eigenvalue weighted by molar-refractivity contribution is 5.53. The lowest BCUT2D eigenvalue weighted by Crippen LogP contribution is -2.44. The molecule has 3 aliphatic carbocycles. The van der Waals surface area contributed by atoms with Gasteiger partial charge in [0.05, 0.1) is 11.8 Å². The summed E-state index contributed by atoms with van der Waals surface area (Å²) in [6, 6.07) is 7.99. The lowest BCUT2D eigenvalue weighted by atomic mass is 9.55. The predicted molar refractivity (Wildman–Crippen MR) is 110 cm³/mol. The van der Waals surface area contributed by atoms with Gasteiger partial charge in [-0.1, -0.05) is 13.0 Å². The van der Waals surface area contributed by atoms with Crippen molar-refractivity contribution in [3.63, 3.8) is 0 Å². The number of hydrogen-bond donors (Lipinski definition) is 2. The molecule has 0 unspecified atom stereocenters. The van der Waals surface area contributed by atoms with Gasteiger partial charge in [0.15, 0.2) is 0 Å². The van der Waals surface area contributed by atoms with Crippen LogP contribution in [0.5, 0.6) is 5.75 Å². The Morgan fingerprint density at radius 2 is 2.14 bits per heavy atom. The van der Waals surface area contributed by atoms with Crippen LogP contribution in [0.1, 0.15) is 62.3 Å². The molecule has 4 nitrogen and oxygen atoms in total. The van der Waals surface area contributed by atoms with Crippen LogP contribution in [0.4, 0.5) is 0 Å². The van der Waals surface area contributed by atoms with Crippen molar-refractivity contribution in [1.82, 2.24) is 9.78 Å². The second-order valence-corrected chi connectivity index (χ2v) is 9.24. The summed E-state index contributed by atoms with van der Waals surface area (Å²) in [5, 5.41) is 25.5. The van der Waals surface area contributed by atoms with Crippen molar-refractivity contribution in [2.45, 2.75) is 64.5 Å². The van der Waals surface area contributed by atoms with Gasteiger partial charge in [-0.3, -0.25) is 4.68 Å². The second-order valence-electron chi connectivity index (χ2n) is 9.24. The first-order chi connectivity index (χ1) is 13.5. The Bertz CT molecular complexity index is 930. The van der Waals surface area contributed by atoms with E-state index in [0.717, 1.165) is 44.3 Å². The first-order valence-electron chi connectivity index (χ1n) is 10.7. The van der Waals surface area contributed by atoms with Crippen molar-refractivity contribution in [1.29, 1.82) is 0 Å². The van der Waals surface area contributed by atoms with E-state index in [4.69, 9.17) is 0 Å². The lowest BCUT2D eigenvalue weighted by molar-refractivity contribution is -0.0158. The van der Waals surface area contributed by atoms with Crippen LogP contribution in [0.3, 0.4) is 0 Å². The summed E-state index contributed by atoms with van der Waals surface area (Å²) in [7, 11) is 0. The van der Waals surface area contributed by atoms with Crippen LogP contribution in [0.15, 0.2) is 36.0 Å². The molecule has 2 saturated carbocycles. The number of aliphatic hydroxyl groups excluding tert-OH is 1. The Kier molecular flexibility index (Phi) is 4.16. The Balaban J connectivity index is 1.48. The molecule has 0 aliphatic heterocycles. The summed E-state index contributed by atoms with van der Waals surface area (Å²) in [6.07, 6.45) is 9.05. The molecule has 0 radical (unpaired) electrons. The number of phenols is 1. The fourth-order valence-corrected chi connectivity index (χ4v) is 6.49. The van der Waals surface area contributed by atoms with Crippen molar-refractivity contribution >= 4 is 6.08 Å². The maximum absolute atomic E-state index is 11.3. The largest absolute Gasteiger partial charge is 0.508 e. The molecule has 5 rings (SSSR count). The van der Waals surface area contributed by atoms with E-state index in [2.05, 4.69) is 31.1 Å². The Hall–Kier alpha value is -2.07. The number of rotatable bonds is 2. The number of nitrogens with zero attached hydrogens (tertiary/aromatic N) is 2. The fourth-order valence-electron chi connectivity index (χ4n) is 6.49. The number of hydrogen-bond acceptors (Lipinski definition) is 3. The van der Waals surface area contributed by atoms with E-state index in [1.54, 1.807) is 0 Å². The van der Waals surface area contributed by atoms with Crippen molar-refractivity contribution in [3.05, 3.63) is 52.9 Å². The van der Waals surface area contributed by atoms with E-state index in [1.165, 1.54) is 16.7 Å². The molecule has 4 heteroatoms. The molecule has 0 spiro atoms. The fraction of sp³-hybridized carbons (Fsp3) is 0.542. The molecule has 2 aromatic rings. The van der Waals surface area contributed by atoms with Gasteiger partial charge in [-0.05, 0) is 97.8 Å². The lowest BCUT2D eigenvalue weighted by Gasteiger charge is -2.49. The maximum Gasteiger partial charge on any atom is 0.115 e. The van der Waals surface area contributed by atoms with E-state index in [-0.39, 0.29) is 11.5 Å². The zero-order valence-corrected chi connectivity index (χ0v) is 16.8. The monoisotopic (exact) mass is 378 g/mol. The second kappa shape index (κ2) is 6.48. The molecule has 5 atom stereocenters. The summed E-state index contributed by atoms with van der Waals surface area (Å²) >= 11 is 0. The number of aromatic nitrogens is 2. The first-order valence-corrected chi connectivity index (χ1v) is 10.7. The van der Waals surface area contributed by atoms with Gasteiger partial charge in [0.25, 0.3) is 0 Å². The maximum atomic E-state index is 11.3. The zero-order valence-electron chi connectivity index (χ0n) is 16.8. The van der Waals surface area contributed by atoms with Gasteiger partial charge in [0.2, 0.25) is 0 Å². The van der Waals surface area contributed by atoms with Gasteiger partial charge < -0.3 is 10.2 Å². The first kappa shape index (κ1) is 18.0. The molecule has 0 amide bonds. The number of fused-ring (bicyclic) bond motifs is 5. The zero-order chi connectivity index (χ0) is 19.5. The summed E-state index contributed by atoms with van der Waals surface area (Å²) < 4.78 is 2.00. The minimum absolute atomic E-state index is 0.0293. The Morgan fingerprint density at radius 1 is 1.29 bits per heavy atom. The van der Waals surface area contributed by atoms with Gasteiger partial charge in [0.1, 0.15) is 5.75 Å². The van der Waals surface area contributed by atoms with Crippen LogP contribution in [0.2, 0.25) is 0 Å². The van der Waals surface area contributed by atoms with Crippen LogP contribution >= 0.6 is 0 Å². The Labute approximate surface area is 166 Å². The predicted octanol–water partition coefficient (Wildman–Crippen LogP) is 4.52. The van der Waals surface area contributed by atoms with Crippen molar-refractivity contribution in [2.24, 2.45) is 17.3 Å². The van der Waals surface area contributed by atoms with Crippen LogP contribution in [-0.4, -0.2) is 26.1 Å². The molecule has 3 aliphatic rings. The van der Waals surface area contributed by atoms with E-state index in [1.807, 2.05) is 29.1 Å². The van der Waals surface area contributed by atoms with E-state index in [9.17, 15) is 10.2 Å². The minimum Gasteiger partial charge on any atom is -0.508 e. The van der Waals surface area contributed by atoms with Crippen molar-refractivity contribution in [3.8, 4) is 5.75 Å². The minimum atomic E-state index is -0.361. The average molecular weight is 379 g/mol. The number of aryl methyl sites for hydroxylation is 2. The van der Waals surface area contributed by atoms with Crippen LogP contribution in [-0.2, 0) is 13.0 Å². The van der Waals surface area contributed by atoms with E-state index < -0.39 is 0 Å². The molecule has 1 heterocycles. The molecule has 1 aromatic carbocycles. The van der Waals surface area contributed by atoms with Gasteiger partial charge in [-0.15, -0.1) is 0 Å². The van der Waals surface area contributed by atoms with Crippen LogP contribution in [0, 0.1) is 17.3 Å². The highest BCUT2D eigenvalue weighted by Crippen LogP contribution is 2.62. The summed E-state index contributed by atoms with van der Waals surface area (Å²) in [4.78, 5) is 0. The molecule has 0 bridgehead atoms. The molecule has 28 heavy (non-hydrogen) atoms. The SMILES string of the molecule is CCn1nccc1/C=C1\C[C@@H]2[C@@H]3CCc4cc(O)ccc4[C@@H]3CC[C@]2(C)[C@H]1O. The van der Waals surface area contributed by atoms with Crippen molar-refractivity contribution in [2.75, 3.05) is 0 Å². The molecule has 1 aromatic heterocycles. The molecule has 2 N–H and O–H groups in total. The third-order valence-corrected chi connectivity index (χ3v) is 7.96. The third kappa shape index (κ3) is 2.57. The van der Waals surface area contributed by atoms with Gasteiger partial charge in [-0.2, -0.15) is 5.10 Å². The molecular weight excluding hydrogens is 348 g/mol. The molecule has 2 fully saturated rings. The Morgan fingerprint density at radius 3 is 2.96 bits per heavy atom. The topological polar surface area (TPSA) is 58.3 Å². The summed E-state index contributed by atoms with van der Waals surface area (Å²) in [5.74, 6) is 2.09. The van der Waals surface area contributed by atoms with Crippen LogP contribution < -0.4 is 0 Å². The standard InChI is InChI=1S/C24H30N2O2/c1-3-26-17(9-11-25-26)12-16-14-22-21-6-4-15-13-18(27)5-7-19(15)20(21)8-10-24(22,2)23(16)28/h5,7,9,11-13,20-23,27-28H,3-4,6,8,10,14H2,1-2H3/b16-12+/t20-,21+,22+,23-,24-/m0/s1. The number of benzene rings is 1.